The summed E-state index contributed by atoms with van der Waals surface area (Å²) < 4.78 is 41.2. The van der Waals surface area contributed by atoms with Crippen LogP contribution in [0.15, 0.2) is 59.5 Å². The largest absolute Gasteiger partial charge is 0.266 e. The van der Waals surface area contributed by atoms with E-state index in [0.29, 0.717) is 12.1 Å². The SMILES string of the molecule is CCC[C@H](F)CCN(c1ccccc1)S(=O)(=O)c1ccc(C)cc1. The molecule has 0 spiro atoms. The van der Waals surface area contributed by atoms with Gasteiger partial charge in [-0.2, -0.15) is 0 Å². The number of hydrogen-bond acceptors (Lipinski definition) is 2. The van der Waals surface area contributed by atoms with E-state index in [1.807, 2.05) is 19.9 Å². The Morgan fingerprint density at radius 2 is 1.62 bits per heavy atom. The molecule has 130 valence electrons. The molecule has 0 fully saturated rings. The van der Waals surface area contributed by atoms with Gasteiger partial charge in [-0.05, 0) is 44.0 Å². The predicted molar refractivity (Wildman–Crippen MR) is 96.6 cm³/mol. The van der Waals surface area contributed by atoms with Crippen molar-refractivity contribution >= 4 is 15.7 Å². The molecule has 0 bridgehead atoms. The Bertz CT molecular complexity index is 730. The number of rotatable bonds is 8. The normalized spacial score (nSPS) is 12.8. The molecule has 1 atom stereocenters. The fourth-order valence-corrected chi connectivity index (χ4v) is 4.01. The number of anilines is 1. The van der Waals surface area contributed by atoms with Crippen LogP contribution >= 0.6 is 0 Å². The molecule has 0 aliphatic carbocycles. The molecule has 0 aromatic heterocycles. The van der Waals surface area contributed by atoms with Gasteiger partial charge in [0.2, 0.25) is 0 Å². The van der Waals surface area contributed by atoms with Gasteiger partial charge in [0.1, 0.15) is 6.17 Å². The molecule has 0 aliphatic heterocycles. The zero-order valence-electron chi connectivity index (χ0n) is 14.2. The van der Waals surface area contributed by atoms with Crippen LogP contribution in [0, 0.1) is 6.92 Å². The Kier molecular flexibility index (Phi) is 6.37. The molecule has 2 aromatic rings. The second kappa shape index (κ2) is 8.29. The molecule has 0 saturated heterocycles. The third-order valence-electron chi connectivity index (χ3n) is 3.90. The third kappa shape index (κ3) is 4.57. The summed E-state index contributed by atoms with van der Waals surface area (Å²) in [6.07, 6.45) is 0.396. The van der Waals surface area contributed by atoms with Crippen molar-refractivity contribution in [2.75, 3.05) is 10.8 Å². The van der Waals surface area contributed by atoms with Crippen molar-refractivity contribution in [1.29, 1.82) is 0 Å². The number of halogens is 1. The summed E-state index contributed by atoms with van der Waals surface area (Å²) in [5.41, 5.74) is 1.55. The van der Waals surface area contributed by atoms with Crippen molar-refractivity contribution in [1.82, 2.24) is 0 Å². The summed E-state index contributed by atoms with van der Waals surface area (Å²) in [6.45, 7) is 3.95. The average molecular weight is 349 g/mol. The van der Waals surface area contributed by atoms with Crippen LogP contribution in [0.5, 0.6) is 0 Å². The van der Waals surface area contributed by atoms with Crippen LogP contribution in [0.25, 0.3) is 0 Å². The van der Waals surface area contributed by atoms with E-state index >= 15 is 0 Å². The van der Waals surface area contributed by atoms with E-state index in [-0.39, 0.29) is 17.9 Å². The Balaban J connectivity index is 2.32. The van der Waals surface area contributed by atoms with Gasteiger partial charge >= 0.3 is 0 Å². The zero-order valence-corrected chi connectivity index (χ0v) is 15.0. The molecular weight excluding hydrogens is 325 g/mol. The Morgan fingerprint density at radius 1 is 1.00 bits per heavy atom. The Hall–Kier alpha value is -1.88. The van der Waals surface area contributed by atoms with E-state index in [9.17, 15) is 12.8 Å². The van der Waals surface area contributed by atoms with Crippen LogP contribution in [0.3, 0.4) is 0 Å². The number of aryl methyl sites for hydroxylation is 1. The summed E-state index contributed by atoms with van der Waals surface area (Å²) in [4.78, 5) is 0.225. The van der Waals surface area contributed by atoms with Crippen molar-refractivity contribution in [3.05, 3.63) is 60.2 Å². The summed E-state index contributed by atoms with van der Waals surface area (Å²) in [5.74, 6) is 0. The lowest BCUT2D eigenvalue weighted by atomic mass is 10.2. The number of hydrogen-bond donors (Lipinski definition) is 0. The van der Waals surface area contributed by atoms with Gasteiger partial charge in [-0.1, -0.05) is 49.2 Å². The lowest BCUT2D eigenvalue weighted by Crippen LogP contribution is -2.33. The van der Waals surface area contributed by atoms with Crippen LogP contribution in [-0.4, -0.2) is 21.1 Å². The third-order valence-corrected chi connectivity index (χ3v) is 5.74. The highest BCUT2D eigenvalue weighted by Gasteiger charge is 2.25. The molecule has 5 heteroatoms. The summed E-state index contributed by atoms with van der Waals surface area (Å²) in [7, 11) is -3.71. The first-order valence-electron chi connectivity index (χ1n) is 8.23. The van der Waals surface area contributed by atoms with Crippen LogP contribution in [0.2, 0.25) is 0 Å². The van der Waals surface area contributed by atoms with E-state index in [1.54, 1.807) is 48.5 Å². The standard InChI is InChI=1S/C19H24FNO2S/c1-3-7-17(20)14-15-21(18-8-5-4-6-9-18)24(22,23)19-12-10-16(2)11-13-19/h4-6,8-13,17H,3,7,14-15H2,1-2H3/t17-/m0/s1. The maximum absolute atomic E-state index is 13.9. The number of para-hydroxylation sites is 1. The molecule has 2 rings (SSSR count). The highest BCUT2D eigenvalue weighted by Crippen LogP contribution is 2.25. The van der Waals surface area contributed by atoms with Crippen LogP contribution < -0.4 is 4.31 Å². The fraction of sp³-hybridized carbons (Fsp3) is 0.368. The molecule has 0 aliphatic rings. The molecular formula is C19H24FNO2S. The monoisotopic (exact) mass is 349 g/mol. The Morgan fingerprint density at radius 3 is 2.21 bits per heavy atom. The first kappa shape index (κ1) is 18.5. The minimum Gasteiger partial charge on any atom is -0.266 e. The van der Waals surface area contributed by atoms with Crippen molar-refractivity contribution in [2.24, 2.45) is 0 Å². The second-order valence-electron chi connectivity index (χ2n) is 5.90. The predicted octanol–water partition coefficient (Wildman–Crippen LogP) is 4.72. The molecule has 2 aromatic carbocycles. The molecule has 0 saturated carbocycles. The van der Waals surface area contributed by atoms with Gasteiger partial charge in [0.15, 0.2) is 0 Å². The number of alkyl halides is 1. The minimum absolute atomic E-state index is 0.126. The van der Waals surface area contributed by atoms with Gasteiger partial charge < -0.3 is 0 Å². The quantitative estimate of drug-likeness (QED) is 0.691. The van der Waals surface area contributed by atoms with E-state index in [2.05, 4.69) is 0 Å². The average Bonchev–Trinajstić information content (AvgIpc) is 2.56. The second-order valence-corrected chi connectivity index (χ2v) is 7.76. The van der Waals surface area contributed by atoms with Crippen molar-refractivity contribution in [3.63, 3.8) is 0 Å². The lowest BCUT2D eigenvalue weighted by Gasteiger charge is -2.25. The molecule has 0 radical (unpaired) electrons. The Labute approximate surface area is 144 Å². The molecule has 3 nitrogen and oxygen atoms in total. The summed E-state index contributed by atoms with van der Waals surface area (Å²) >= 11 is 0. The lowest BCUT2D eigenvalue weighted by molar-refractivity contribution is 0.298. The van der Waals surface area contributed by atoms with E-state index in [4.69, 9.17) is 0 Å². The van der Waals surface area contributed by atoms with Gasteiger partial charge in [0, 0.05) is 6.54 Å². The van der Waals surface area contributed by atoms with Crippen LogP contribution in [-0.2, 0) is 10.0 Å². The van der Waals surface area contributed by atoms with E-state index in [1.165, 1.54) is 4.31 Å². The van der Waals surface area contributed by atoms with Crippen LogP contribution in [0.4, 0.5) is 10.1 Å². The van der Waals surface area contributed by atoms with Crippen molar-refractivity contribution in [3.8, 4) is 0 Å². The zero-order chi connectivity index (χ0) is 17.6. The first-order chi connectivity index (χ1) is 11.4. The first-order valence-corrected chi connectivity index (χ1v) is 9.67. The maximum Gasteiger partial charge on any atom is 0.264 e. The van der Waals surface area contributed by atoms with Crippen molar-refractivity contribution in [2.45, 2.75) is 44.2 Å². The number of nitrogens with zero attached hydrogens (tertiary/aromatic N) is 1. The molecule has 0 amide bonds. The van der Waals surface area contributed by atoms with Gasteiger partial charge in [-0.25, -0.2) is 12.8 Å². The van der Waals surface area contributed by atoms with Gasteiger partial charge in [0.05, 0.1) is 10.6 Å². The molecule has 24 heavy (non-hydrogen) atoms. The molecule has 0 heterocycles. The van der Waals surface area contributed by atoms with Crippen LogP contribution in [0.1, 0.15) is 31.7 Å². The van der Waals surface area contributed by atoms with Gasteiger partial charge in [-0.15, -0.1) is 0 Å². The highest BCUT2D eigenvalue weighted by molar-refractivity contribution is 7.92. The van der Waals surface area contributed by atoms with Gasteiger partial charge in [0.25, 0.3) is 10.0 Å². The molecule has 0 unspecified atom stereocenters. The van der Waals surface area contributed by atoms with E-state index in [0.717, 1.165) is 12.0 Å². The number of benzene rings is 2. The highest BCUT2D eigenvalue weighted by atomic mass is 32.2. The summed E-state index contributed by atoms with van der Waals surface area (Å²) in [6, 6.07) is 15.6. The van der Waals surface area contributed by atoms with Crippen molar-refractivity contribution < 1.29 is 12.8 Å². The number of sulfonamides is 1. The molecule has 0 N–H and O–H groups in total. The fourth-order valence-electron chi connectivity index (χ4n) is 2.53. The topological polar surface area (TPSA) is 37.4 Å². The minimum atomic E-state index is -3.71. The summed E-state index contributed by atoms with van der Waals surface area (Å²) in [5, 5.41) is 0. The van der Waals surface area contributed by atoms with E-state index < -0.39 is 16.2 Å². The maximum atomic E-state index is 13.9. The smallest absolute Gasteiger partial charge is 0.264 e. The van der Waals surface area contributed by atoms with Gasteiger partial charge in [-0.3, -0.25) is 4.31 Å².